The van der Waals surface area contributed by atoms with Gasteiger partial charge in [-0.2, -0.15) is 0 Å². The van der Waals surface area contributed by atoms with Gasteiger partial charge in [-0.15, -0.1) is 0 Å². The third-order valence-corrected chi connectivity index (χ3v) is 3.36. The molecule has 0 amide bonds. The average molecular weight is 271 g/mol. The molecular formula is C16H14FNO2. The Morgan fingerprint density at radius 2 is 2.10 bits per heavy atom. The summed E-state index contributed by atoms with van der Waals surface area (Å²) in [6.45, 7) is 2.98. The van der Waals surface area contributed by atoms with Crippen LogP contribution in [0.25, 0.3) is 0 Å². The summed E-state index contributed by atoms with van der Waals surface area (Å²) in [6.07, 6.45) is 0. The minimum Gasteiger partial charge on any atom is -0.489 e. The summed E-state index contributed by atoms with van der Waals surface area (Å²) < 4.78 is 18.7. The van der Waals surface area contributed by atoms with Crippen molar-refractivity contribution in [3.05, 3.63) is 58.9 Å². The lowest BCUT2D eigenvalue weighted by Crippen LogP contribution is -2.20. The first-order chi connectivity index (χ1) is 9.66. The van der Waals surface area contributed by atoms with E-state index >= 15 is 0 Å². The molecule has 1 N–H and O–H groups in total. The van der Waals surface area contributed by atoms with E-state index in [1.54, 1.807) is 13.0 Å². The van der Waals surface area contributed by atoms with Crippen LogP contribution in [0, 0.1) is 12.7 Å². The highest BCUT2D eigenvalue weighted by Gasteiger charge is 2.21. The standard InChI is InChI=1S/C16H14FNO2/c1-10-9-11(17)5-6-12(10)15(19)13-3-2-4-14-16(13)20-8-7-18-14/h2-6,9,18H,7-8H2,1H3. The molecule has 1 heterocycles. The van der Waals surface area contributed by atoms with Gasteiger partial charge in [-0.05, 0) is 42.8 Å². The maximum absolute atomic E-state index is 13.1. The summed E-state index contributed by atoms with van der Waals surface area (Å²) in [5.41, 5.74) is 2.44. The van der Waals surface area contributed by atoms with E-state index in [9.17, 15) is 9.18 Å². The van der Waals surface area contributed by atoms with Crippen LogP contribution in [0.5, 0.6) is 5.75 Å². The maximum Gasteiger partial charge on any atom is 0.197 e. The topological polar surface area (TPSA) is 38.3 Å². The van der Waals surface area contributed by atoms with Crippen LogP contribution in [0.2, 0.25) is 0 Å². The summed E-state index contributed by atoms with van der Waals surface area (Å²) in [5, 5.41) is 3.20. The molecule has 0 spiro atoms. The first kappa shape index (κ1) is 12.7. The van der Waals surface area contributed by atoms with E-state index in [0.29, 0.717) is 29.0 Å². The molecular weight excluding hydrogens is 257 g/mol. The molecule has 3 nitrogen and oxygen atoms in total. The second kappa shape index (κ2) is 4.96. The fraction of sp³-hybridized carbons (Fsp3) is 0.188. The molecule has 4 heteroatoms. The van der Waals surface area contributed by atoms with Crippen molar-refractivity contribution in [3.8, 4) is 5.75 Å². The number of fused-ring (bicyclic) bond motifs is 1. The Balaban J connectivity index is 2.07. The monoisotopic (exact) mass is 271 g/mol. The summed E-state index contributed by atoms with van der Waals surface area (Å²) in [7, 11) is 0. The number of hydrogen-bond acceptors (Lipinski definition) is 3. The smallest absolute Gasteiger partial charge is 0.197 e. The number of benzene rings is 2. The molecule has 102 valence electrons. The Hall–Kier alpha value is -2.36. The van der Waals surface area contributed by atoms with Gasteiger partial charge >= 0.3 is 0 Å². The van der Waals surface area contributed by atoms with Gasteiger partial charge in [-0.1, -0.05) is 6.07 Å². The molecule has 0 saturated heterocycles. The van der Waals surface area contributed by atoms with Gasteiger partial charge in [0.15, 0.2) is 11.5 Å². The number of anilines is 1. The summed E-state index contributed by atoms with van der Waals surface area (Å²) in [6, 6.07) is 9.60. The van der Waals surface area contributed by atoms with Gasteiger partial charge in [0.05, 0.1) is 11.3 Å². The van der Waals surface area contributed by atoms with Crippen LogP contribution in [0.4, 0.5) is 10.1 Å². The number of nitrogens with one attached hydrogen (secondary N) is 1. The molecule has 0 saturated carbocycles. The summed E-state index contributed by atoms with van der Waals surface area (Å²) >= 11 is 0. The molecule has 0 unspecified atom stereocenters. The van der Waals surface area contributed by atoms with Crippen LogP contribution in [0.1, 0.15) is 21.5 Å². The van der Waals surface area contributed by atoms with E-state index in [-0.39, 0.29) is 11.6 Å². The van der Waals surface area contributed by atoms with Crippen molar-refractivity contribution in [2.24, 2.45) is 0 Å². The van der Waals surface area contributed by atoms with E-state index in [4.69, 9.17) is 4.74 Å². The minimum atomic E-state index is -0.341. The van der Waals surface area contributed by atoms with Crippen molar-refractivity contribution in [1.29, 1.82) is 0 Å². The summed E-state index contributed by atoms with van der Waals surface area (Å²) in [4.78, 5) is 12.6. The Morgan fingerprint density at radius 1 is 1.25 bits per heavy atom. The van der Waals surface area contributed by atoms with Crippen LogP contribution in [0.3, 0.4) is 0 Å². The van der Waals surface area contributed by atoms with E-state index in [2.05, 4.69) is 5.32 Å². The van der Waals surface area contributed by atoms with Crippen molar-refractivity contribution < 1.29 is 13.9 Å². The number of carbonyl (C=O) groups excluding carboxylic acids is 1. The largest absolute Gasteiger partial charge is 0.489 e. The van der Waals surface area contributed by atoms with Gasteiger partial charge in [0.1, 0.15) is 12.4 Å². The van der Waals surface area contributed by atoms with Gasteiger partial charge in [0.2, 0.25) is 0 Å². The molecule has 1 aliphatic rings. The van der Waals surface area contributed by atoms with Crippen molar-refractivity contribution in [2.75, 3.05) is 18.5 Å². The second-order valence-electron chi connectivity index (χ2n) is 4.75. The fourth-order valence-corrected chi connectivity index (χ4v) is 2.38. The fourth-order valence-electron chi connectivity index (χ4n) is 2.38. The second-order valence-corrected chi connectivity index (χ2v) is 4.75. The molecule has 2 aromatic carbocycles. The maximum atomic E-state index is 13.1. The number of rotatable bonds is 2. The Morgan fingerprint density at radius 3 is 2.90 bits per heavy atom. The van der Waals surface area contributed by atoms with E-state index < -0.39 is 0 Å². The lowest BCUT2D eigenvalue weighted by atomic mass is 9.97. The van der Waals surface area contributed by atoms with Gasteiger partial charge in [0, 0.05) is 12.1 Å². The normalized spacial score (nSPS) is 13.1. The number of halogens is 1. The molecule has 3 rings (SSSR count). The predicted molar refractivity (Wildman–Crippen MR) is 75.0 cm³/mol. The lowest BCUT2D eigenvalue weighted by molar-refractivity contribution is 0.103. The molecule has 0 bridgehead atoms. The Bertz CT molecular complexity index is 682. The highest BCUT2D eigenvalue weighted by atomic mass is 19.1. The van der Waals surface area contributed by atoms with Crippen molar-refractivity contribution in [1.82, 2.24) is 0 Å². The van der Waals surface area contributed by atoms with Crippen LogP contribution in [0.15, 0.2) is 36.4 Å². The van der Waals surface area contributed by atoms with E-state index in [1.807, 2.05) is 12.1 Å². The molecule has 0 fully saturated rings. The van der Waals surface area contributed by atoms with E-state index in [0.717, 1.165) is 12.2 Å². The SMILES string of the molecule is Cc1cc(F)ccc1C(=O)c1cccc2c1OCCN2. The molecule has 2 aromatic rings. The van der Waals surface area contributed by atoms with E-state index in [1.165, 1.54) is 18.2 Å². The Labute approximate surface area is 116 Å². The van der Waals surface area contributed by atoms with Gasteiger partial charge < -0.3 is 10.1 Å². The number of ketones is 1. The number of para-hydroxylation sites is 1. The minimum absolute atomic E-state index is 0.150. The quantitative estimate of drug-likeness (QED) is 0.853. The zero-order valence-electron chi connectivity index (χ0n) is 11.1. The zero-order chi connectivity index (χ0) is 14.1. The number of hydrogen-bond donors (Lipinski definition) is 1. The lowest BCUT2D eigenvalue weighted by Gasteiger charge is -2.21. The average Bonchev–Trinajstić information content (AvgIpc) is 2.46. The van der Waals surface area contributed by atoms with Crippen molar-refractivity contribution in [2.45, 2.75) is 6.92 Å². The van der Waals surface area contributed by atoms with Gasteiger partial charge in [-0.3, -0.25) is 4.79 Å². The third kappa shape index (κ3) is 2.13. The predicted octanol–water partition coefficient (Wildman–Crippen LogP) is 3.17. The molecule has 0 radical (unpaired) electrons. The first-order valence-electron chi connectivity index (χ1n) is 6.47. The molecule has 20 heavy (non-hydrogen) atoms. The van der Waals surface area contributed by atoms with Crippen LogP contribution in [-0.2, 0) is 0 Å². The van der Waals surface area contributed by atoms with Crippen LogP contribution < -0.4 is 10.1 Å². The number of ether oxygens (including phenoxy) is 1. The summed E-state index contributed by atoms with van der Waals surface area (Å²) in [5.74, 6) is 0.0857. The van der Waals surface area contributed by atoms with Crippen LogP contribution in [-0.4, -0.2) is 18.9 Å². The number of carbonyl (C=O) groups is 1. The molecule has 0 aromatic heterocycles. The van der Waals surface area contributed by atoms with Crippen LogP contribution >= 0.6 is 0 Å². The highest BCUT2D eigenvalue weighted by Crippen LogP contribution is 2.33. The zero-order valence-corrected chi connectivity index (χ0v) is 11.1. The van der Waals surface area contributed by atoms with Gasteiger partial charge in [-0.25, -0.2) is 4.39 Å². The van der Waals surface area contributed by atoms with Crippen molar-refractivity contribution >= 4 is 11.5 Å². The molecule has 0 atom stereocenters. The van der Waals surface area contributed by atoms with Gasteiger partial charge in [0.25, 0.3) is 0 Å². The first-order valence-corrected chi connectivity index (χ1v) is 6.47. The van der Waals surface area contributed by atoms with Crippen molar-refractivity contribution in [3.63, 3.8) is 0 Å². The highest BCUT2D eigenvalue weighted by molar-refractivity contribution is 6.12. The molecule has 0 aliphatic carbocycles. The third-order valence-electron chi connectivity index (χ3n) is 3.36. The Kier molecular flexibility index (Phi) is 3.14. The number of aryl methyl sites for hydroxylation is 1. The molecule has 1 aliphatic heterocycles.